The molecule has 1 amide bonds. The molecule has 3 aromatic carbocycles. The summed E-state index contributed by atoms with van der Waals surface area (Å²) < 4.78 is 0. The topological polar surface area (TPSA) is 32.3 Å². The summed E-state index contributed by atoms with van der Waals surface area (Å²) in [5.41, 5.74) is 4.36. The third kappa shape index (κ3) is 5.99. The molecule has 0 aliphatic carbocycles. The molecule has 0 fully saturated rings. The largest absolute Gasteiger partial charge is 0.378 e. The summed E-state index contributed by atoms with van der Waals surface area (Å²) in [6, 6.07) is 28.4. The van der Waals surface area contributed by atoms with Gasteiger partial charge in [0.05, 0.1) is 6.54 Å². The molecular formula is C26H26N2O. The summed E-state index contributed by atoms with van der Waals surface area (Å²) in [6.07, 6.45) is 0.396. The van der Waals surface area contributed by atoms with E-state index in [9.17, 15) is 4.79 Å². The van der Waals surface area contributed by atoms with Gasteiger partial charge in [-0.05, 0) is 35.4 Å². The Morgan fingerprint density at radius 2 is 1.41 bits per heavy atom. The number of carbonyl (C=O) groups excluding carboxylic acids is 1. The van der Waals surface area contributed by atoms with Crippen LogP contribution in [0.15, 0.2) is 84.9 Å². The molecule has 146 valence electrons. The van der Waals surface area contributed by atoms with Gasteiger partial charge in [-0.3, -0.25) is 4.79 Å². The molecule has 0 aromatic heterocycles. The summed E-state index contributed by atoms with van der Waals surface area (Å²) in [7, 11) is 4.02. The SMILES string of the molecule is CN(C)c1ccc(C#CCNC(=O)CC(c2ccccc2)c2ccccc2)cc1. The lowest BCUT2D eigenvalue weighted by molar-refractivity contribution is -0.121. The number of benzene rings is 3. The fraction of sp³-hybridized carbons (Fsp3) is 0.192. The standard InChI is InChI=1S/C26H26N2O/c1-28(2)24-17-15-21(16-18-24)10-9-19-27-26(29)20-25(22-11-5-3-6-12-22)23-13-7-4-8-14-23/h3-8,11-18,25H,19-20H2,1-2H3,(H,27,29). The van der Waals surface area contributed by atoms with Crippen molar-refractivity contribution in [1.29, 1.82) is 0 Å². The van der Waals surface area contributed by atoms with Crippen molar-refractivity contribution >= 4 is 11.6 Å². The van der Waals surface area contributed by atoms with E-state index in [1.54, 1.807) is 0 Å². The van der Waals surface area contributed by atoms with Crippen LogP contribution in [-0.2, 0) is 4.79 Å². The molecule has 0 heterocycles. The maximum absolute atomic E-state index is 12.5. The Hall–Kier alpha value is -3.51. The summed E-state index contributed by atoms with van der Waals surface area (Å²) in [4.78, 5) is 14.6. The van der Waals surface area contributed by atoms with Gasteiger partial charge in [-0.15, -0.1) is 0 Å². The van der Waals surface area contributed by atoms with Crippen LogP contribution in [0, 0.1) is 11.8 Å². The van der Waals surface area contributed by atoms with Crippen LogP contribution in [0.3, 0.4) is 0 Å². The number of carbonyl (C=O) groups is 1. The highest BCUT2D eigenvalue weighted by Crippen LogP contribution is 2.27. The van der Waals surface area contributed by atoms with Crippen LogP contribution in [0.1, 0.15) is 29.0 Å². The van der Waals surface area contributed by atoms with E-state index in [-0.39, 0.29) is 11.8 Å². The van der Waals surface area contributed by atoms with Gasteiger partial charge in [0.15, 0.2) is 0 Å². The third-order valence-corrected chi connectivity index (χ3v) is 4.78. The van der Waals surface area contributed by atoms with E-state index >= 15 is 0 Å². The molecule has 3 nitrogen and oxygen atoms in total. The van der Waals surface area contributed by atoms with Crippen molar-refractivity contribution in [1.82, 2.24) is 5.32 Å². The van der Waals surface area contributed by atoms with Crippen molar-refractivity contribution < 1.29 is 4.79 Å². The predicted octanol–water partition coefficient (Wildman–Crippen LogP) is 4.44. The van der Waals surface area contributed by atoms with Crippen molar-refractivity contribution in [3.05, 3.63) is 102 Å². The van der Waals surface area contributed by atoms with Gasteiger partial charge in [0.25, 0.3) is 0 Å². The first-order valence-corrected chi connectivity index (χ1v) is 9.76. The summed E-state index contributed by atoms with van der Waals surface area (Å²) >= 11 is 0. The molecule has 1 N–H and O–H groups in total. The van der Waals surface area contributed by atoms with E-state index in [1.165, 1.54) is 0 Å². The van der Waals surface area contributed by atoms with Crippen LogP contribution in [-0.4, -0.2) is 26.5 Å². The van der Waals surface area contributed by atoms with Crippen LogP contribution in [0.2, 0.25) is 0 Å². The van der Waals surface area contributed by atoms with E-state index in [4.69, 9.17) is 0 Å². The van der Waals surface area contributed by atoms with Gasteiger partial charge in [0, 0.05) is 37.7 Å². The quantitative estimate of drug-likeness (QED) is 0.639. The molecule has 0 atom stereocenters. The van der Waals surface area contributed by atoms with Crippen molar-refractivity contribution in [3.8, 4) is 11.8 Å². The van der Waals surface area contributed by atoms with Gasteiger partial charge >= 0.3 is 0 Å². The zero-order valence-corrected chi connectivity index (χ0v) is 16.9. The number of hydrogen-bond acceptors (Lipinski definition) is 2. The van der Waals surface area contributed by atoms with Crippen LogP contribution >= 0.6 is 0 Å². The Morgan fingerprint density at radius 1 is 0.862 bits per heavy atom. The highest BCUT2D eigenvalue weighted by molar-refractivity contribution is 5.77. The molecule has 0 saturated heterocycles. The summed E-state index contributed by atoms with van der Waals surface area (Å²) in [5, 5.41) is 2.93. The van der Waals surface area contributed by atoms with E-state index in [0.717, 1.165) is 22.4 Å². The lowest BCUT2D eigenvalue weighted by Gasteiger charge is -2.17. The molecule has 0 unspecified atom stereocenters. The van der Waals surface area contributed by atoms with E-state index in [2.05, 4.69) is 41.4 Å². The smallest absolute Gasteiger partial charge is 0.221 e. The Balaban J connectivity index is 1.60. The minimum Gasteiger partial charge on any atom is -0.378 e. The van der Waals surface area contributed by atoms with Crippen LogP contribution in [0.25, 0.3) is 0 Å². The summed E-state index contributed by atoms with van der Waals surface area (Å²) in [6.45, 7) is 0.338. The van der Waals surface area contributed by atoms with Gasteiger partial charge in [0.2, 0.25) is 5.91 Å². The molecule has 0 radical (unpaired) electrons. The fourth-order valence-corrected chi connectivity index (χ4v) is 3.19. The molecular weight excluding hydrogens is 356 g/mol. The molecule has 29 heavy (non-hydrogen) atoms. The van der Waals surface area contributed by atoms with Gasteiger partial charge < -0.3 is 10.2 Å². The number of amides is 1. The average molecular weight is 383 g/mol. The minimum atomic E-state index is -0.0000353. The zero-order valence-electron chi connectivity index (χ0n) is 16.9. The summed E-state index contributed by atoms with van der Waals surface area (Å²) in [5.74, 6) is 6.17. The Kier molecular flexibility index (Phi) is 7.08. The molecule has 0 bridgehead atoms. The number of nitrogens with zero attached hydrogens (tertiary/aromatic N) is 1. The van der Waals surface area contributed by atoms with Gasteiger partial charge in [-0.1, -0.05) is 72.5 Å². The lowest BCUT2D eigenvalue weighted by atomic mass is 9.88. The van der Waals surface area contributed by atoms with Crippen molar-refractivity contribution in [2.75, 3.05) is 25.5 Å². The van der Waals surface area contributed by atoms with E-state index < -0.39 is 0 Å². The minimum absolute atomic E-state index is 0.0000353. The molecule has 0 saturated carbocycles. The molecule has 3 aromatic rings. The first-order chi connectivity index (χ1) is 14.1. The molecule has 0 aliphatic rings. The Bertz CT molecular complexity index is 928. The van der Waals surface area contributed by atoms with Crippen LogP contribution < -0.4 is 10.2 Å². The predicted molar refractivity (Wildman–Crippen MR) is 120 cm³/mol. The van der Waals surface area contributed by atoms with E-state index in [0.29, 0.717) is 13.0 Å². The highest BCUT2D eigenvalue weighted by Gasteiger charge is 2.17. The number of nitrogens with one attached hydrogen (secondary N) is 1. The normalized spacial score (nSPS) is 10.2. The molecule has 3 heteroatoms. The van der Waals surface area contributed by atoms with Gasteiger partial charge in [-0.25, -0.2) is 0 Å². The maximum Gasteiger partial charge on any atom is 0.221 e. The Labute approximate surface area is 173 Å². The fourth-order valence-electron chi connectivity index (χ4n) is 3.19. The van der Waals surface area contributed by atoms with Crippen molar-refractivity contribution in [2.45, 2.75) is 12.3 Å². The van der Waals surface area contributed by atoms with Crippen molar-refractivity contribution in [2.24, 2.45) is 0 Å². The zero-order chi connectivity index (χ0) is 20.5. The monoisotopic (exact) mass is 382 g/mol. The van der Waals surface area contributed by atoms with Crippen LogP contribution in [0.4, 0.5) is 5.69 Å². The molecule has 0 aliphatic heterocycles. The number of rotatable bonds is 6. The van der Waals surface area contributed by atoms with Crippen LogP contribution in [0.5, 0.6) is 0 Å². The van der Waals surface area contributed by atoms with E-state index in [1.807, 2.05) is 79.7 Å². The third-order valence-electron chi connectivity index (χ3n) is 4.78. The maximum atomic E-state index is 12.5. The molecule has 3 rings (SSSR count). The number of anilines is 1. The second kappa shape index (κ2) is 10.1. The first-order valence-electron chi connectivity index (χ1n) is 9.76. The van der Waals surface area contributed by atoms with Gasteiger partial charge in [-0.2, -0.15) is 0 Å². The second-order valence-corrected chi connectivity index (χ2v) is 7.10. The second-order valence-electron chi connectivity index (χ2n) is 7.10. The average Bonchev–Trinajstić information content (AvgIpc) is 2.76. The first kappa shape index (κ1) is 20.2. The lowest BCUT2D eigenvalue weighted by Crippen LogP contribution is -2.25. The highest BCUT2D eigenvalue weighted by atomic mass is 16.1. The van der Waals surface area contributed by atoms with Gasteiger partial charge in [0.1, 0.15) is 0 Å². The molecule has 0 spiro atoms. The van der Waals surface area contributed by atoms with Crippen molar-refractivity contribution in [3.63, 3.8) is 0 Å². The number of hydrogen-bond donors (Lipinski definition) is 1. The Morgan fingerprint density at radius 3 is 1.93 bits per heavy atom.